The Balaban J connectivity index is 2.15. The van der Waals surface area contributed by atoms with Crippen molar-refractivity contribution in [1.29, 1.82) is 5.41 Å². The van der Waals surface area contributed by atoms with E-state index < -0.39 is 4.92 Å². The van der Waals surface area contributed by atoms with E-state index in [-0.39, 0.29) is 11.5 Å². The smallest absolute Gasteiger partial charge is 0.282 e. The summed E-state index contributed by atoms with van der Waals surface area (Å²) in [5, 5.41) is 18.3. The van der Waals surface area contributed by atoms with E-state index in [4.69, 9.17) is 11.1 Å². The Hall–Kier alpha value is -2.41. The van der Waals surface area contributed by atoms with Crippen LogP contribution in [-0.4, -0.2) is 15.7 Å². The first-order chi connectivity index (χ1) is 9.58. The normalized spacial score (nSPS) is 10.2. The second-order valence-electron chi connectivity index (χ2n) is 3.98. The van der Waals surface area contributed by atoms with Crippen molar-refractivity contribution in [2.75, 3.05) is 0 Å². The van der Waals surface area contributed by atoms with E-state index in [0.29, 0.717) is 16.3 Å². The Bertz CT molecular complexity index is 660. The average molecular weight is 288 g/mol. The molecule has 0 saturated heterocycles. The molecule has 1 heterocycles. The fourth-order valence-electron chi connectivity index (χ4n) is 1.60. The Labute approximate surface area is 119 Å². The molecule has 7 heteroatoms. The number of nitrogens with two attached hydrogens (primary N) is 1. The molecule has 0 radical (unpaired) electrons. The zero-order chi connectivity index (χ0) is 14.5. The Kier molecular flexibility index (Phi) is 4.31. The number of nitrogen functional groups attached to an aromatic ring is 1. The molecule has 2 aromatic rings. The lowest BCUT2D eigenvalue weighted by Crippen LogP contribution is -2.13. The minimum Gasteiger partial charge on any atom is -0.382 e. The third-order valence-electron chi connectivity index (χ3n) is 2.56. The number of hydrogen-bond acceptors (Lipinski definition) is 5. The molecule has 0 amide bonds. The van der Waals surface area contributed by atoms with Crippen LogP contribution in [0, 0.1) is 15.5 Å². The molecule has 1 aromatic carbocycles. The van der Waals surface area contributed by atoms with Crippen molar-refractivity contribution in [3.8, 4) is 0 Å². The minimum absolute atomic E-state index is 0.0949. The third-order valence-corrected chi connectivity index (χ3v) is 3.69. The van der Waals surface area contributed by atoms with Crippen LogP contribution in [0.3, 0.4) is 0 Å². The standard InChI is InChI=1S/C13H12N4O2S/c14-13(15)10-7-9(5-6-16-10)8-20-12-4-2-1-3-11(12)17(18)19/h1-7H,8H2,(H3,14,15). The monoisotopic (exact) mass is 288 g/mol. The van der Waals surface area contributed by atoms with Crippen molar-refractivity contribution in [3.63, 3.8) is 0 Å². The summed E-state index contributed by atoms with van der Waals surface area (Å²) in [4.78, 5) is 15.1. The number of benzene rings is 1. The SMILES string of the molecule is N=C(N)c1cc(CSc2ccccc2[N+](=O)[O-])ccn1. The van der Waals surface area contributed by atoms with Crippen molar-refractivity contribution in [3.05, 3.63) is 64.0 Å². The van der Waals surface area contributed by atoms with Crippen LogP contribution >= 0.6 is 11.8 Å². The predicted octanol–water partition coefficient (Wildman–Crippen LogP) is 2.57. The van der Waals surface area contributed by atoms with Crippen LogP contribution in [0.25, 0.3) is 0 Å². The van der Waals surface area contributed by atoms with Gasteiger partial charge < -0.3 is 5.73 Å². The van der Waals surface area contributed by atoms with Gasteiger partial charge in [-0.25, -0.2) is 0 Å². The maximum absolute atomic E-state index is 10.9. The van der Waals surface area contributed by atoms with Crippen molar-refractivity contribution < 1.29 is 4.92 Å². The largest absolute Gasteiger partial charge is 0.382 e. The molecule has 0 fully saturated rings. The molecule has 20 heavy (non-hydrogen) atoms. The number of hydrogen-bond donors (Lipinski definition) is 2. The van der Waals surface area contributed by atoms with Crippen LogP contribution in [0.2, 0.25) is 0 Å². The topological polar surface area (TPSA) is 106 Å². The number of nitro benzene ring substituents is 1. The maximum atomic E-state index is 10.9. The summed E-state index contributed by atoms with van der Waals surface area (Å²) in [7, 11) is 0. The van der Waals surface area contributed by atoms with E-state index >= 15 is 0 Å². The van der Waals surface area contributed by atoms with Crippen LogP contribution in [0.15, 0.2) is 47.5 Å². The average Bonchev–Trinajstić information content (AvgIpc) is 2.45. The van der Waals surface area contributed by atoms with Crippen LogP contribution < -0.4 is 5.73 Å². The summed E-state index contributed by atoms with van der Waals surface area (Å²) in [6, 6.07) is 10.1. The van der Waals surface area contributed by atoms with E-state index in [1.807, 2.05) is 0 Å². The number of nitro groups is 1. The second kappa shape index (κ2) is 6.16. The summed E-state index contributed by atoms with van der Waals surface area (Å²) in [6.45, 7) is 0. The fourth-order valence-corrected chi connectivity index (χ4v) is 2.57. The zero-order valence-electron chi connectivity index (χ0n) is 10.4. The van der Waals surface area contributed by atoms with E-state index in [2.05, 4.69) is 4.98 Å². The molecule has 0 saturated carbocycles. The Morgan fingerprint density at radius 1 is 1.40 bits per heavy atom. The second-order valence-corrected chi connectivity index (χ2v) is 4.99. The van der Waals surface area contributed by atoms with Crippen molar-refractivity contribution in [2.24, 2.45) is 5.73 Å². The van der Waals surface area contributed by atoms with E-state index in [1.54, 1.807) is 36.5 Å². The van der Waals surface area contributed by atoms with Gasteiger partial charge in [-0.15, -0.1) is 11.8 Å². The van der Waals surface area contributed by atoms with Gasteiger partial charge in [-0.05, 0) is 23.8 Å². The summed E-state index contributed by atoms with van der Waals surface area (Å²) in [5.41, 5.74) is 6.79. The first kappa shape index (κ1) is 14.0. The lowest BCUT2D eigenvalue weighted by atomic mass is 10.2. The van der Waals surface area contributed by atoms with Gasteiger partial charge in [-0.1, -0.05) is 12.1 Å². The molecule has 0 atom stereocenters. The van der Waals surface area contributed by atoms with Gasteiger partial charge in [0.05, 0.1) is 9.82 Å². The van der Waals surface area contributed by atoms with Gasteiger partial charge in [0, 0.05) is 18.0 Å². The maximum Gasteiger partial charge on any atom is 0.282 e. The number of nitrogens with one attached hydrogen (secondary N) is 1. The highest BCUT2D eigenvalue weighted by molar-refractivity contribution is 7.98. The molecule has 0 unspecified atom stereocenters. The number of para-hydroxylation sites is 1. The number of pyridine rings is 1. The molecule has 0 aliphatic heterocycles. The quantitative estimate of drug-likeness (QED) is 0.289. The first-order valence-corrected chi connectivity index (χ1v) is 6.72. The van der Waals surface area contributed by atoms with Gasteiger partial charge in [0.2, 0.25) is 0 Å². The van der Waals surface area contributed by atoms with Gasteiger partial charge in [0.25, 0.3) is 5.69 Å². The number of rotatable bonds is 5. The van der Waals surface area contributed by atoms with Crippen molar-refractivity contribution in [1.82, 2.24) is 4.98 Å². The van der Waals surface area contributed by atoms with Crippen LogP contribution in [0.5, 0.6) is 0 Å². The Morgan fingerprint density at radius 2 is 2.15 bits per heavy atom. The minimum atomic E-state index is -0.393. The molecule has 1 aromatic heterocycles. The van der Waals surface area contributed by atoms with Crippen LogP contribution in [0.4, 0.5) is 5.69 Å². The highest BCUT2D eigenvalue weighted by Gasteiger charge is 2.12. The highest BCUT2D eigenvalue weighted by Crippen LogP contribution is 2.31. The van der Waals surface area contributed by atoms with E-state index in [1.165, 1.54) is 17.8 Å². The molecule has 0 bridgehead atoms. The summed E-state index contributed by atoms with van der Waals surface area (Å²) >= 11 is 1.37. The number of aromatic nitrogens is 1. The molecule has 0 spiro atoms. The Morgan fingerprint density at radius 3 is 2.85 bits per heavy atom. The summed E-state index contributed by atoms with van der Waals surface area (Å²) in [6.07, 6.45) is 1.58. The molecule has 0 aliphatic rings. The molecule has 2 rings (SSSR count). The van der Waals surface area contributed by atoms with E-state index in [0.717, 1.165) is 5.56 Å². The lowest BCUT2D eigenvalue weighted by molar-refractivity contribution is -0.387. The molecule has 3 N–H and O–H groups in total. The van der Waals surface area contributed by atoms with Crippen LogP contribution in [0.1, 0.15) is 11.3 Å². The number of nitrogens with zero attached hydrogens (tertiary/aromatic N) is 2. The van der Waals surface area contributed by atoms with Gasteiger partial charge in [0.15, 0.2) is 0 Å². The van der Waals surface area contributed by atoms with Gasteiger partial charge in [-0.2, -0.15) is 0 Å². The molecular weight excluding hydrogens is 276 g/mol. The van der Waals surface area contributed by atoms with Gasteiger partial charge >= 0.3 is 0 Å². The number of amidine groups is 1. The molecule has 6 nitrogen and oxygen atoms in total. The van der Waals surface area contributed by atoms with Crippen molar-refractivity contribution in [2.45, 2.75) is 10.6 Å². The summed E-state index contributed by atoms with van der Waals surface area (Å²) < 4.78 is 0. The third kappa shape index (κ3) is 3.33. The fraction of sp³-hybridized carbons (Fsp3) is 0.0769. The lowest BCUT2D eigenvalue weighted by Gasteiger charge is -2.04. The molecular formula is C13H12N4O2S. The first-order valence-electron chi connectivity index (χ1n) is 5.73. The van der Waals surface area contributed by atoms with E-state index in [9.17, 15) is 10.1 Å². The van der Waals surface area contributed by atoms with Gasteiger partial charge in [-0.3, -0.25) is 20.5 Å². The van der Waals surface area contributed by atoms with Crippen LogP contribution in [-0.2, 0) is 5.75 Å². The number of thioether (sulfide) groups is 1. The predicted molar refractivity (Wildman–Crippen MR) is 77.9 cm³/mol. The van der Waals surface area contributed by atoms with Gasteiger partial charge in [0.1, 0.15) is 11.5 Å². The van der Waals surface area contributed by atoms with Crippen molar-refractivity contribution >= 4 is 23.3 Å². The highest BCUT2D eigenvalue weighted by atomic mass is 32.2. The molecule has 102 valence electrons. The summed E-state index contributed by atoms with van der Waals surface area (Å²) in [5.74, 6) is 0.454. The zero-order valence-corrected chi connectivity index (χ0v) is 11.3. The molecule has 0 aliphatic carbocycles.